The molecule has 0 aliphatic carbocycles. The molecule has 0 atom stereocenters. The zero-order valence-corrected chi connectivity index (χ0v) is 10.7. The second-order valence-corrected chi connectivity index (χ2v) is 4.12. The summed E-state index contributed by atoms with van der Waals surface area (Å²) in [6.07, 6.45) is 10.6. The molecule has 1 N–H and O–H groups in total. The van der Waals surface area contributed by atoms with Crippen LogP contribution in [0.15, 0.2) is 0 Å². The average molecular weight is 232 g/mol. The molecule has 3 nitrogen and oxygen atoms in total. The van der Waals surface area contributed by atoms with Gasteiger partial charge in [-0.2, -0.15) is 0 Å². The number of aliphatic hydroxyl groups is 1. The Balaban J connectivity index is 2.83. The predicted octanol–water partition coefficient (Wildman–Crippen LogP) is 3.11. The first-order valence-corrected chi connectivity index (χ1v) is 6.68. The fourth-order valence-corrected chi connectivity index (χ4v) is 1.62. The van der Waals surface area contributed by atoms with E-state index < -0.39 is 0 Å². The van der Waals surface area contributed by atoms with Crippen molar-refractivity contribution in [2.75, 3.05) is 26.6 Å². The number of aliphatic hydroxyl groups excluding tert-OH is 1. The van der Waals surface area contributed by atoms with Gasteiger partial charge in [0.2, 0.25) is 0 Å². The molecule has 0 spiro atoms. The molecule has 0 heterocycles. The van der Waals surface area contributed by atoms with Crippen LogP contribution in [0.1, 0.15) is 58.3 Å². The van der Waals surface area contributed by atoms with Crippen molar-refractivity contribution >= 4 is 0 Å². The molecular formula is C13H28O3. The van der Waals surface area contributed by atoms with E-state index >= 15 is 0 Å². The van der Waals surface area contributed by atoms with Gasteiger partial charge >= 0.3 is 0 Å². The zero-order chi connectivity index (χ0) is 11.9. The van der Waals surface area contributed by atoms with Crippen LogP contribution in [-0.2, 0) is 9.47 Å². The highest BCUT2D eigenvalue weighted by molar-refractivity contribution is 4.45. The lowest BCUT2D eigenvalue weighted by Crippen LogP contribution is -2.05. The molecule has 0 aliphatic heterocycles. The fourth-order valence-electron chi connectivity index (χ4n) is 1.62. The minimum atomic E-state index is -0.207. The van der Waals surface area contributed by atoms with Gasteiger partial charge in [-0.1, -0.05) is 51.9 Å². The van der Waals surface area contributed by atoms with Crippen LogP contribution >= 0.6 is 0 Å². The quantitative estimate of drug-likeness (QED) is 0.392. The van der Waals surface area contributed by atoms with Crippen LogP contribution in [0.2, 0.25) is 0 Å². The van der Waals surface area contributed by atoms with E-state index in [1.54, 1.807) is 0 Å². The maximum atomic E-state index is 8.35. The highest BCUT2D eigenvalue weighted by Gasteiger charge is 1.92. The number of unbranched alkanes of at least 4 members (excludes halogenated alkanes) is 7. The van der Waals surface area contributed by atoms with E-state index in [4.69, 9.17) is 14.6 Å². The van der Waals surface area contributed by atoms with Crippen LogP contribution in [-0.4, -0.2) is 31.7 Å². The minimum absolute atomic E-state index is 0.207. The summed E-state index contributed by atoms with van der Waals surface area (Å²) in [5, 5.41) is 8.35. The number of hydrogen-bond acceptors (Lipinski definition) is 3. The molecule has 0 saturated carbocycles. The lowest BCUT2D eigenvalue weighted by atomic mass is 10.1. The van der Waals surface area contributed by atoms with Gasteiger partial charge in [-0.15, -0.1) is 0 Å². The van der Waals surface area contributed by atoms with Gasteiger partial charge in [0.05, 0.1) is 13.2 Å². The smallest absolute Gasteiger partial charge is 0.143 e. The van der Waals surface area contributed by atoms with Crippen molar-refractivity contribution in [1.29, 1.82) is 0 Å². The third kappa shape index (κ3) is 13.9. The van der Waals surface area contributed by atoms with Gasteiger partial charge in [-0.05, 0) is 6.42 Å². The topological polar surface area (TPSA) is 38.7 Å². The van der Waals surface area contributed by atoms with Crippen LogP contribution < -0.4 is 0 Å². The maximum Gasteiger partial charge on any atom is 0.143 e. The average Bonchev–Trinajstić information content (AvgIpc) is 2.31. The molecule has 3 heteroatoms. The molecule has 16 heavy (non-hydrogen) atoms. The van der Waals surface area contributed by atoms with Crippen molar-refractivity contribution in [3.63, 3.8) is 0 Å². The molecule has 0 fully saturated rings. The van der Waals surface area contributed by atoms with Crippen molar-refractivity contribution in [2.24, 2.45) is 0 Å². The lowest BCUT2D eigenvalue weighted by molar-refractivity contribution is -0.0295. The second-order valence-electron chi connectivity index (χ2n) is 4.12. The Kier molecular flexibility index (Phi) is 14.8. The van der Waals surface area contributed by atoms with E-state index in [0.29, 0.717) is 13.2 Å². The van der Waals surface area contributed by atoms with Crippen molar-refractivity contribution in [3.8, 4) is 0 Å². The fraction of sp³-hybridized carbons (Fsp3) is 1.00. The summed E-state index contributed by atoms with van der Waals surface area (Å²) in [6.45, 7) is 3.95. The Bertz CT molecular complexity index is 104. The van der Waals surface area contributed by atoms with Gasteiger partial charge < -0.3 is 14.6 Å². The summed E-state index contributed by atoms with van der Waals surface area (Å²) in [6, 6.07) is 0. The molecule has 0 aromatic rings. The highest BCUT2D eigenvalue weighted by atomic mass is 16.6. The normalized spacial score (nSPS) is 10.9. The molecule has 0 aromatic carbocycles. The van der Waals surface area contributed by atoms with Crippen LogP contribution in [0.4, 0.5) is 0 Å². The summed E-state index contributed by atoms with van der Waals surface area (Å²) in [4.78, 5) is 0. The van der Waals surface area contributed by atoms with Gasteiger partial charge in [0.1, 0.15) is 6.79 Å². The molecule has 0 aliphatic rings. The van der Waals surface area contributed by atoms with Crippen molar-refractivity contribution in [2.45, 2.75) is 58.3 Å². The third-order valence-corrected chi connectivity index (χ3v) is 2.61. The Morgan fingerprint density at radius 2 is 1.25 bits per heavy atom. The van der Waals surface area contributed by atoms with Gasteiger partial charge in [-0.25, -0.2) is 0 Å². The van der Waals surface area contributed by atoms with Crippen LogP contribution in [0.3, 0.4) is 0 Å². The SMILES string of the molecule is CCCCCCCCCCOCCOCO. The summed E-state index contributed by atoms with van der Waals surface area (Å²) >= 11 is 0. The summed E-state index contributed by atoms with van der Waals surface area (Å²) < 4.78 is 10.1. The molecule has 0 rings (SSSR count). The Morgan fingerprint density at radius 3 is 1.88 bits per heavy atom. The van der Waals surface area contributed by atoms with Gasteiger partial charge in [0.25, 0.3) is 0 Å². The van der Waals surface area contributed by atoms with Crippen molar-refractivity contribution in [3.05, 3.63) is 0 Å². The lowest BCUT2D eigenvalue weighted by Gasteiger charge is -2.04. The molecule has 98 valence electrons. The largest absolute Gasteiger partial charge is 0.379 e. The Labute approximate surface area is 100 Å². The molecule has 0 aromatic heterocycles. The van der Waals surface area contributed by atoms with Gasteiger partial charge in [0, 0.05) is 6.61 Å². The van der Waals surface area contributed by atoms with Gasteiger partial charge in [-0.3, -0.25) is 0 Å². The van der Waals surface area contributed by atoms with Crippen molar-refractivity contribution < 1.29 is 14.6 Å². The van der Waals surface area contributed by atoms with Gasteiger partial charge in [0.15, 0.2) is 0 Å². The number of hydrogen-bond donors (Lipinski definition) is 1. The summed E-state index contributed by atoms with van der Waals surface area (Å²) in [5.41, 5.74) is 0. The molecule has 0 saturated heterocycles. The van der Waals surface area contributed by atoms with Crippen LogP contribution in [0.25, 0.3) is 0 Å². The maximum absolute atomic E-state index is 8.35. The minimum Gasteiger partial charge on any atom is -0.379 e. The van der Waals surface area contributed by atoms with E-state index in [1.807, 2.05) is 0 Å². The Morgan fingerprint density at radius 1 is 0.688 bits per heavy atom. The van der Waals surface area contributed by atoms with E-state index in [0.717, 1.165) is 13.0 Å². The second kappa shape index (κ2) is 14.9. The Hall–Kier alpha value is -0.120. The monoisotopic (exact) mass is 232 g/mol. The van der Waals surface area contributed by atoms with Crippen LogP contribution in [0, 0.1) is 0 Å². The molecular weight excluding hydrogens is 204 g/mol. The number of ether oxygens (including phenoxy) is 2. The van der Waals surface area contributed by atoms with E-state index in [2.05, 4.69) is 6.92 Å². The standard InChI is InChI=1S/C13H28O3/c1-2-3-4-5-6-7-8-9-10-15-11-12-16-13-14/h14H,2-13H2,1H3. The highest BCUT2D eigenvalue weighted by Crippen LogP contribution is 2.08. The first kappa shape index (κ1) is 15.9. The van der Waals surface area contributed by atoms with E-state index in [-0.39, 0.29) is 6.79 Å². The first-order valence-electron chi connectivity index (χ1n) is 6.68. The molecule has 0 unspecified atom stereocenters. The first-order chi connectivity index (χ1) is 7.91. The summed E-state index contributed by atoms with van der Waals surface area (Å²) in [5.74, 6) is 0. The predicted molar refractivity (Wildman–Crippen MR) is 66.5 cm³/mol. The zero-order valence-electron chi connectivity index (χ0n) is 10.7. The van der Waals surface area contributed by atoms with E-state index in [9.17, 15) is 0 Å². The van der Waals surface area contributed by atoms with Crippen molar-refractivity contribution in [1.82, 2.24) is 0 Å². The molecule has 0 bridgehead atoms. The van der Waals surface area contributed by atoms with Crippen LogP contribution in [0.5, 0.6) is 0 Å². The van der Waals surface area contributed by atoms with E-state index in [1.165, 1.54) is 44.9 Å². The molecule has 0 radical (unpaired) electrons. The number of rotatable bonds is 13. The third-order valence-electron chi connectivity index (χ3n) is 2.61. The summed E-state index contributed by atoms with van der Waals surface area (Å²) in [7, 11) is 0. The molecule has 0 amide bonds.